The summed E-state index contributed by atoms with van der Waals surface area (Å²) in [6.45, 7) is 3.02. The maximum absolute atomic E-state index is 12.5. The average molecular weight is 277 g/mol. The first-order valence-electron chi connectivity index (χ1n) is 6.81. The molecule has 0 radical (unpaired) electrons. The fourth-order valence-corrected chi connectivity index (χ4v) is 2.43. The molecule has 1 heterocycles. The van der Waals surface area contributed by atoms with Crippen molar-refractivity contribution in [1.29, 1.82) is 0 Å². The number of carboxylic acids is 1. The topological polar surface area (TPSA) is 66.8 Å². The molecule has 20 heavy (non-hydrogen) atoms. The van der Waals surface area contributed by atoms with Crippen molar-refractivity contribution >= 4 is 11.9 Å². The largest absolute Gasteiger partial charge is 0.481 e. The Morgan fingerprint density at radius 3 is 2.65 bits per heavy atom. The van der Waals surface area contributed by atoms with Crippen LogP contribution in [0.2, 0.25) is 0 Å². The van der Waals surface area contributed by atoms with Crippen LogP contribution in [0.25, 0.3) is 0 Å². The van der Waals surface area contributed by atoms with Gasteiger partial charge in [0.25, 0.3) is 5.91 Å². The number of nitrogens with zero attached hydrogens (tertiary/aromatic N) is 1. The SMILES string of the molecule is CCO[C@@H](C(=O)N1CC[C@@H](C(=O)O)C1)c1ccccc1. The Kier molecular flexibility index (Phi) is 4.74. The third-order valence-corrected chi connectivity index (χ3v) is 3.51. The van der Waals surface area contributed by atoms with Gasteiger partial charge in [-0.05, 0) is 18.9 Å². The number of carbonyl (C=O) groups excluding carboxylic acids is 1. The first kappa shape index (κ1) is 14.5. The third kappa shape index (κ3) is 3.17. The lowest BCUT2D eigenvalue weighted by atomic mass is 10.1. The summed E-state index contributed by atoms with van der Waals surface area (Å²) in [5.41, 5.74) is 0.804. The summed E-state index contributed by atoms with van der Waals surface area (Å²) in [6.07, 6.45) is -0.136. The highest BCUT2D eigenvalue weighted by molar-refractivity contribution is 5.83. The van der Waals surface area contributed by atoms with Crippen molar-refractivity contribution in [3.8, 4) is 0 Å². The number of hydrogen-bond donors (Lipinski definition) is 1. The zero-order valence-corrected chi connectivity index (χ0v) is 11.5. The maximum atomic E-state index is 12.5. The molecule has 1 aliphatic heterocycles. The Morgan fingerprint density at radius 2 is 2.10 bits per heavy atom. The molecular formula is C15H19NO4. The second-order valence-electron chi connectivity index (χ2n) is 4.85. The monoisotopic (exact) mass is 277 g/mol. The Morgan fingerprint density at radius 1 is 1.40 bits per heavy atom. The van der Waals surface area contributed by atoms with E-state index in [9.17, 15) is 9.59 Å². The standard InChI is InChI=1S/C15H19NO4/c1-2-20-13(11-6-4-3-5-7-11)14(17)16-9-8-12(10-16)15(18)19/h3-7,12-13H,2,8-10H2,1H3,(H,18,19)/t12-,13-/m1/s1. The average Bonchev–Trinajstić information content (AvgIpc) is 2.95. The Bertz CT molecular complexity index is 474. The Hall–Kier alpha value is -1.88. The highest BCUT2D eigenvalue weighted by Crippen LogP contribution is 2.24. The van der Waals surface area contributed by atoms with E-state index in [1.807, 2.05) is 37.3 Å². The smallest absolute Gasteiger partial charge is 0.308 e. The minimum Gasteiger partial charge on any atom is -0.481 e. The summed E-state index contributed by atoms with van der Waals surface area (Å²) in [5, 5.41) is 9.00. The zero-order chi connectivity index (χ0) is 14.5. The van der Waals surface area contributed by atoms with Crippen molar-refractivity contribution in [2.75, 3.05) is 19.7 Å². The van der Waals surface area contributed by atoms with Crippen LogP contribution in [0.4, 0.5) is 0 Å². The first-order valence-corrected chi connectivity index (χ1v) is 6.81. The van der Waals surface area contributed by atoms with Gasteiger partial charge < -0.3 is 14.7 Å². The van der Waals surface area contributed by atoms with Crippen LogP contribution in [0, 0.1) is 5.92 Å². The molecule has 1 fully saturated rings. The van der Waals surface area contributed by atoms with Gasteiger partial charge in [0.05, 0.1) is 5.92 Å². The third-order valence-electron chi connectivity index (χ3n) is 3.51. The van der Waals surface area contributed by atoms with Crippen LogP contribution in [0.1, 0.15) is 25.0 Å². The van der Waals surface area contributed by atoms with Crippen LogP contribution < -0.4 is 0 Å². The molecule has 0 spiro atoms. The van der Waals surface area contributed by atoms with Gasteiger partial charge >= 0.3 is 5.97 Å². The highest BCUT2D eigenvalue weighted by atomic mass is 16.5. The van der Waals surface area contributed by atoms with Crippen LogP contribution in [0.3, 0.4) is 0 Å². The number of rotatable bonds is 5. The van der Waals surface area contributed by atoms with Gasteiger partial charge in [0.15, 0.2) is 6.10 Å². The number of carbonyl (C=O) groups is 2. The second-order valence-corrected chi connectivity index (χ2v) is 4.85. The molecule has 5 nitrogen and oxygen atoms in total. The van der Waals surface area contributed by atoms with Gasteiger partial charge in [-0.25, -0.2) is 0 Å². The van der Waals surface area contributed by atoms with Crippen LogP contribution in [0.5, 0.6) is 0 Å². The molecule has 2 rings (SSSR count). The fourth-order valence-electron chi connectivity index (χ4n) is 2.43. The Labute approximate surface area is 118 Å². The lowest BCUT2D eigenvalue weighted by Crippen LogP contribution is -2.35. The van der Waals surface area contributed by atoms with Gasteiger partial charge in [-0.3, -0.25) is 9.59 Å². The second kappa shape index (κ2) is 6.52. The summed E-state index contributed by atoms with van der Waals surface area (Å²) < 4.78 is 5.56. The van der Waals surface area contributed by atoms with Crippen molar-refractivity contribution in [2.24, 2.45) is 5.92 Å². The van der Waals surface area contributed by atoms with Crippen molar-refractivity contribution < 1.29 is 19.4 Å². The molecular weight excluding hydrogens is 258 g/mol. The number of benzene rings is 1. The van der Waals surface area contributed by atoms with E-state index in [4.69, 9.17) is 9.84 Å². The molecule has 1 aliphatic rings. The summed E-state index contributed by atoms with van der Waals surface area (Å²) in [4.78, 5) is 25.1. The summed E-state index contributed by atoms with van der Waals surface area (Å²) >= 11 is 0. The van der Waals surface area contributed by atoms with Crippen LogP contribution in [0.15, 0.2) is 30.3 Å². The van der Waals surface area contributed by atoms with Gasteiger partial charge in [-0.2, -0.15) is 0 Å². The number of hydrogen-bond acceptors (Lipinski definition) is 3. The normalized spacial score (nSPS) is 19.9. The first-order chi connectivity index (χ1) is 9.63. The van der Waals surface area contributed by atoms with Crippen molar-refractivity contribution in [1.82, 2.24) is 4.90 Å². The molecule has 0 unspecified atom stereocenters. The molecule has 1 N–H and O–H groups in total. The van der Waals surface area contributed by atoms with Crippen molar-refractivity contribution in [3.63, 3.8) is 0 Å². The molecule has 0 bridgehead atoms. The molecule has 1 aromatic carbocycles. The summed E-state index contributed by atoms with van der Waals surface area (Å²) in [6, 6.07) is 9.30. The van der Waals surface area contributed by atoms with Gasteiger partial charge in [0.1, 0.15) is 0 Å². The predicted molar refractivity (Wildman–Crippen MR) is 73.1 cm³/mol. The van der Waals surface area contributed by atoms with E-state index >= 15 is 0 Å². The van der Waals surface area contributed by atoms with E-state index in [-0.39, 0.29) is 12.5 Å². The summed E-state index contributed by atoms with van der Waals surface area (Å²) in [7, 11) is 0. The van der Waals surface area contributed by atoms with E-state index in [1.54, 1.807) is 4.90 Å². The van der Waals surface area contributed by atoms with E-state index in [1.165, 1.54) is 0 Å². The van der Waals surface area contributed by atoms with Crippen LogP contribution >= 0.6 is 0 Å². The molecule has 0 aromatic heterocycles. The summed E-state index contributed by atoms with van der Waals surface area (Å²) in [5.74, 6) is -1.45. The molecule has 5 heteroatoms. The number of aliphatic carboxylic acids is 1. The number of ether oxygens (including phenoxy) is 1. The van der Waals surface area contributed by atoms with Crippen molar-refractivity contribution in [3.05, 3.63) is 35.9 Å². The molecule has 0 aliphatic carbocycles. The molecule has 1 amide bonds. The van der Waals surface area contributed by atoms with Crippen LogP contribution in [-0.4, -0.2) is 41.6 Å². The van der Waals surface area contributed by atoms with Gasteiger partial charge in [-0.15, -0.1) is 0 Å². The number of carboxylic acid groups (broad SMARTS) is 1. The van der Waals surface area contributed by atoms with Gasteiger partial charge in [0.2, 0.25) is 0 Å². The van der Waals surface area contributed by atoms with E-state index < -0.39 is 18.0 Å². The number of likely N-dealkylation sites (tertiary alicyclic amines) is 1. The molecule has 1 aromatic rings. The fraction of sp³-hybridized carbons (Fsp3) is 0.467. The predicted octanol–water partition coefficient (Wildman–Crippen LogP) is 1.70. The lowest BCUT2D eigenvalue weighted by Gasteiger charge is -2.23. The molecule has 0 saturated carbocycles. The van der Waals surface area contributed by atoms with Gasteiger partial charge in [-0.1, -0.05) is 30.3 Å². The molecule has 1 saturated heterocycles. The maximum Gasteiger partial charge on any atom is 0.308 e. The lowest BCUT2D eigenvalue weighted by molar-refractivity contribution is -0.144. The minimum atomic E-state index is -0.840. The zero-order valence-electron chi connectivity index (χ0n) is 11.5. The van der Waals surface area contributed by atoms with Gasteiger partial charge in [0, 0.05) is 19.7 Å². The van der Waals surface area contributed by atoms with E-state index in [2.05, 4.69) is 0 Å². The molecule has 2 atom stereocenters. The number of amides is 1. The molecule has 108 valence electrons. The minimum absolute atomic E-state index is 0.151. The van der Waals surface area contributed by atoms with Crippen LogP contribution in [-0.2, 0) is 14.3 Å². The highest BCUT2D eigenvalue weighted by Gasteiger charge is 2.34. The van der Waals surface area contributed by atoms with Crippen molar-refractivity contribution in [2.45, 2.75) is 19.4 Å². The van der Waals surface area contributed by atoms with E-state index in [0.717, 1.165) is 5.56 Å². The quantitative estimate of drug-likeness (QED) is 0.889. The van der Waals surface area contributed by atoms with E-state index in [0.29, 0.717) is 19.6 Å². The Balaban J connectivity index is 2.10.